The molecule has 102 valence electrons. The molecule has 1 rings (SSSR count). The van der Waals surface area contributed by atoms with Gasteiger partial charge >= 0.3 is 5.97 Å². The summed E-state index contributed by atoms with van der Waals surface area (Å²) in [5.74, 6) is 5.13. The highest BCUT2D eigenvalue weighted by atomic mass is 16.5. The van der Waals surface area contributed by atoms with Crippen molar-refractivity contribution >= 4 is 5.97 Å². The fourth-order valence-electron chi connectivity index (χ4n) is 2.42. The number of esters is 1. The lowest BCUT2D eigenvalue weighted by Gasteiger charge is -2.39. The molecule has 0 unspecified atom stereocenters. The van der Waals surface area contributed by atoms with Crippen molar-refractivity contribution in [3.05, 3.63) is 0 Å². The number of carbonyl (C=O) groups excluding carboxylic acids is 1. The van der Waals surface area contributed by atoms with E-state index in [1.165, 1.54) is 0 Å². The van der Waals surface area contributed by atoms with Crippen molar-refractivity contribution in [2.24, 2.45) is 11.3 Å². The Balaban J connectivity index is 2.57. The lowest BCUT2D eigenvalue weighted by molar-refractivity contribution is -0.136. The third kappa shape index (κ3) is 4.34. The van der Waals surface area contributed by atoms with Crippen LogP contribution < -0.4 is 0 Å². The monoisotopic (exact) mass is 252 g/mol. The van der Waals surface area contributed by atoms with Crippen molar-refractivity contribution in [3.63, 3.8) is 0 Å². The Morgan fingerprint density at radius 3 is 2.39 bits per heavy atom. The summed E-state index contributed by atoms with van der Waals surface area (Å²) in [6.07, 6.45) is 3.19. The largest absolute Gasteiger partial charge is 0.456 e. The minimum atomic E-state index is -1.01. The SMILES string of the molecule is CCOC(=O)C#CC1(O)CCC(C(C)(C)C)CC1. The zero-order chi connectivity index (χ0) is 13.8. The van der Waals surface area contributed by atoms with Crippen molar-refractivity contribution in [1.82, 2.24) is 0 Å². The molecule has 1 aliphatic rings. The van der Waals surface area contributed by atoms with Gasteiger partial charge in [-0.2, -0.15) is 0 Å². The number of carbonyl (C=O) groups is 1. The Hall–Kier alpha value is -1.01. The van der Waals surface area contributed by atoms with Crippen LogP contribution in [0.3, 0.4) is 0 Å². The molecule has 0 atom stereocenters. The smallest absolute Gasteiger partial charge is 0.384 e. The molecule has 0 spiro atoms. The fourth-order valence-corrected chi connectivity index (χ4v) is 2.42. The molecule has 0 saturated heterocycles. The van der Waals surface area contributed by atoms with E-state index in [4.69, 9.17) is 4.74 Å². The van der Waals surface area contributed by atoms with Gasteiger partial charge in [0.05, 0.1) is 6.61 Å². The normalized spacial score (nSPS) is 28.2. The van der Waals surface area contributed by atoms with E-state index in [-0.39, 0.29) is 5.41 Å². The number of hydrogen-bond donors (Lipinski definition) is 1. The van der Waals surface area contributed by atoms with Crippen LogP contribution >= 0.6 is 0 Å². The van der Waals surface area contributed by atoms with Crippen molar-refractivity contribution in [2.45, 2.75) is 59.0 Å². The summed E-state index contributed by atoms with van der Waals surface area (Å²) in [6, 6.07) is 0. The maximum atomic E-state index is 11.1. The molecule has 3 heteroatoms. The molecule has 0 heterocycles. The molecule has 3 nitrogen and oxygen atoms in total. The van der Waals surface area contributed by atoms with E-state index in [2.05, 4.69) is 32.6 Å². The average Bonchev–Trinajstić information content (AvgIpc) is 2.26. The van der Waals surface area contributed by atoms with Crippen molar-refractivity contribution in [1.29, 1.82) is 0 Å². The third-order valence-electron chi connectivity index (χ3n) is 3.71. The fraction of sp³-hybridized carbons (Fsp3) is 0.800. The summed E-state index contributed by atoms with van der Waals surface area (Å²) < 4.78 is 4.73. The summed E-state index contributed by atoms with van der Waals surface area (Å²) in [7, 11) is 0. The van der Waals surface area contributed by atoms with Crippen LogP contribution in [0.1, 0.15) is 53.4 Å². The topological polar surface area (TPSA) is 46.5 Å². The molecule has 0 aromatic heterocycles. The van der Waals surface area contributed by atoms with Gasteiger partial charge in [0.2, 0.25) is 0 Å². The highest BCUT2D eigenvalue weighted by Gasteiger charge is 2.36. The van der Waals surface area contributed by atoms with Crippen LogP contribution in [-0.4, -0.2) is 23.3 Å². The Morgan fingerprint density at radius 2 is 1.94 bits per heavy atom. The van der Waals surface area contributed by atoms with Crippen molar-refractivity contribution < 1.29 is 14.6 Å². The van der Waals surface area contributed by atoms with Gasteiger partial charge in [0, 0.05) is 5.92 Å². The van der Waals surface area contributed by atoms with Gasteiger partial charge in [-0.1, -0.05) is 26.7 Å². The second-order valence-electron chi connectivity index (χ2n) is 6.14. The van der Waals surface area contributed by atoms with Gasteiger partial charge in [0.25, 0.3) is 0 Å². The maximum absolute atomic E-state index is 11.1. The first-order valence-corrected chi connectivity index (χ1v) is 6.69. The molecule has 1 N–H and O–H groups in total. The molecule has 0 aliphatic heterocycles. The van der Waals surface area contributed by atoms with E-state index in [1.807, 2.05) is 0 Å². The Morgan fingerprint density at radius 1 is 1.39 bits per heavy atom. The molecule has 1 fully saturated rings. The quantitative estimate of drug-likeness (QED) is 0.443. The number of rotatable bonds is 1. The highest BCUT2D eigenvalue weighted by Crippen LogP contribution is 2.41. The Kier molecular flexibility index (Phi) is 4.81. The number of aliphatic hydroxyl groups is 1. The van der Waals surface area contributed by atoms with Gasteiger partial charge in [0.1, 0.15) is 5.60 Å². The summed E-state index contributed by atoms with van der Waals surface area (Å²) in [5, 5.41) is 10.3. The lowest BCUT2D eigenvalue weighted by atomic mass is 9.68. The summed E-state index contributed by atoms with van der Waals surface area (Å²) in [5.41, 5.74) is -0.732. The van der Waals surface area contributed by atoms with Gasteiger partial charge in [-0.05, 0) is 43.9 Å². The minimum absolute atomic E-state index is 0.274. The molecule has 0 amide bonds. The van der Waals surface area contributed by atoms with E-state index in [1.54, 1.807) is 6.92 Å². The molecule has 0 bridgehead atoms. The molecule has 0 aromatic rings. The van der Waals surface area contributed by atoms with Crippen LogP contribution in [0.2, 0.25) is 0 Å². The van der Waals surface area contributed by atoms with Gasteiger partial charge in [-0.3, -0.25) is 0 Å². The molecule has 0 aromatic carbocycles. The predicted octanol–water partition coefficient (Wildman–Crippen LogP) is 2.52. The minimum Gasteiger partial charge on any atom is -0.456 e. The average molecular weight is 252 g/mol. The number of ether oxygens (including phenoxy) is 1. The van der Waals surface area contributed by atoms with E-state index in [0.717, 1.165) is 12.8 Å². The molecule has 1 saturated carbocycles. The first-order chi connectivity index (χ1) is 8.27. The van der Waals surface area contributed by atoms with E-state index in [9.17, 15) is 9.90 Å². The van der Waals surface area contributed by atoms with Crippen LogP contribution in [0.4, 0.5) is 0 Å². The van der Waals surface area contributed by atoms with Gasteiger partial charge in [-0.15, -0.1) is 0 Å². The van der Waals surface area contributed by atoms with Crippen LogP contribution in [-0.2, 0) is 9.53 Å². The van der Waals surface area contributed by atoms with Crippen LogP contribution in [0.15, 0.2) is 0 Å². The second-order valence-corrected chi connectivity index (χ2v) is 6.14. The number of hydrogen-bond acceptors (Lipinski definition) is 3. The molecular formula is C15H24O3. The van der Waals surface area contributed by atoms with Crippen LogP contribution in [0, 0.1) is 23.2 Å². The third-order valence-corrected chi connectivity index (χ3v) is 3.71. The first kappa shape index (κ1) is 15.0. The van der Waals surface area contributed by atoms with Gasteiger partial charge in [0.15, 0.2) is 0 Å². The van der Waals surface area contributed by atoms with Crippen LogP contribution in [0.25, 0.3) is 0 Å². The Labute approximate surface area is 110 Å². The first-order valence-electron chi connectivity index (χ1n) is 6.69. The summed E-state index contributed by atoms with van der Waals surface area (Å²) in [6.45, 7) is 8.74. The van der Waals surface area contributed by atoms with Gasteiger partial charge < -0.3 is 9.84 Å². The maximum Gasteiger partial charge on any atom is 0.384 e. The van der Waals surface area contributed by atoms with Crippen molar-refractivity contribution in [2.75, 3.05) is 6.61 Å². The zero-order valence-electron chi connectivity index (χ0n) is 11.9. The zero-order valence-corrected chi connectivity index (χ0v) is 11.9. The molecule has 0 radical (unpaired) electrons. The Bertz CT molecular complexity index is 346. The lowest BCUT2D eigenvalue weighted by Crippen LogP contribution is -2.36. The molecule has 18 heavy (non-hydrogen) atoms. The molecular weight excluding hydrogens is 228 g/mol. The highest BCUT2D eigenvalue weighted by molar-refractivity contribution is 5.88. The standard InChI is InChI=1S/C15H24O3/c1-5-18-13(16)8-11-15(17)9-6-12(7-10-15)14(2,3)4/h12,17H,5-7,9-10H2,1-4H3. The van der Waals surface area contributed by atoms with Crippen molar-refractivity contribution in [3.8, 4) is 11.8 Å². The molecule has 1 aliphatic carbocycles. The van der Waals surface area contributed by atoms with E-state index < -0.39 is 11.6 Å². The summed E-state index contributed by atoms with van der Waals surface area (Å²) in [4.78, 5) is 11.1. The predicted molar refractivity (Wildman–Crippen MR) is 70.8 cm³/mol. The van der Waals surface area contributed by atoms with Crippen LogP contribution in [0.5, 0.6) is 0 Å². The van der Waals surface area contributed by atoms with Gasteiger partial charge in [-0.25, -0.2) is 4.79 Å². The van der Waals surface area contributed by atoms with E-state index in [0.29, 0.717) is 25.4 Å². The van der Waals surface area contributed by atoms with E-state index >= 15 is 0 Å². The summed E-state index contributed by atoms with van der Waals surface area (Å²) >= 11 is 0. The second kappa shape index (κ2) is 5.75.